The second kappa shape index (κ2) is 7.59. The highest BCUT2D eigenvalue weighted by atomic mass is 28.4. The molecule has 1 aliphatic rings. The summed E-state index contributed by atoms with van der Waals surface area (Å²) in [5, 5.41) is 10.2. The zero-order valence-corrected chi connectivity index (χ0v) is 20.3. The quantitative estimate of drug-likeness (QED) is 0.484. The molecule has 0 spiro atoms. The zero-order valence-electron chi connectivity index (χ0n) is 18.3. The van der Waals surface area contributed by atoms with Crippen molar-refractivity contribution in [2.75, 3.05) is 6.61 Å². The average Bonchev–Trinajstić information content (AvgIpc) is 2.38. The summed E-state index contributed by atoms with van der Waals surface area (Å²) in [6, 6.07) is 0. The molecule has 0 amide bonds. The molecule has 0 aliphatic heterocycles. The maximum atomic E-state index is 9.86. The predicted molar refractivity (Wildman–Crippen MR) is 113 cm³/mol. The number of hydrogen-bond acceptors (Lipinski definition) is 3. The van der Waals surface area contributed by atoms with E-state index >= 15 is 0 Å². The summed E-state index contributed by atoms with van der Waals surface area (Å²) in [5.74, 6) is 0.0817. The van der Waals surface area contributed by atoms with E-state index < -0.39 is 16.6 Å². The molecule has 5 heteroatoms. The van der Waals surface area contributed by atoms with Gasteiger partial charge < -0.3 is 14.0 Å². The Labute approximate surface area is 158 Å². The SMILES string of the molecule is C=C1[C@@H](CO)C[C@@H](O[Si](C)(C)C(C)(C)C)C[C@@H]1O[Si](C)(C)C(C)(C)C. The van der Waals surface area contributed by atoms with E-state index in [1.54, 1.807) is 0 Å². The van der Waals surface area contributed by atoms with Crippen LogP contribution in [0.4, 0.5) is 0 Å². The number of aliphatic hydroxyl groups excluding tert-OH is 1. The minimum absolute atomic E-state index is 0.00144. The smallest absolute Gasteiger partial charge is 0.192 e. The van der Waals surface area contributed by atoms with E-state index in [1.165, 1.54) is 0 Å². The first-order chi connectivity index (χ1) is 11.0. The van der Waals surface area contributed by atoms with Crippen LogP contribution in [0.3, 0.4) is 0 Å². The molecule has 1 rings (SSSR count). The van der Waals surface area contributed by atoms with E-state index in [9.17, 15) is 5.11 Å². The van der Waals surface area contributed by atoms with Crippen molar-refractivity contribution < 1.29 is 14.0 Å². The van der Waals surface area contributed by atoms with E-state index in [0.717, 1.165) is 18.4 Å². The number of rotatable bonds is 5. The van der Waals surface area contributed by atoms with Crippen LogP contribution in [0, 0.1) is 5.92 Å². The van der Waals surface area contributed by atoms with Crippen LogP contribution in [0.25, 0.3) is 0 Å². The van der Waals surface area contributed by atoms with E-state index in [2.05, 4.69) is 74.3 Å². The maximum Gasteiger partial charge on any atom is 0.192 e. The molecule has 0 aromatic carbocycles. The summed E-state index contributed by atoms with van der Waals surface area (Å²) < 4.78 is 13.4. The van der Waals surface area contributed by atoms with E-state index in [4.69, 9.17) is 8.85 Å². The van der Waals surface area contributed by atoms with Gasteiger partial charge in [-0.1, -0.05) is 48.1 Å². The molecule has 1 fully saturated rings. The molecular weight excluding hydrogens is 344 g/mol. The van der Waals surface area contributed by atoms with Crippen molar-refractivity contribution in [3.63, 3.8) is 0 Å². The zero-order chi connectivity index (χ0) is 19.8. The van der Waals surface area contributed by atoms with E-state index in [0.29, 0.717) is 0 Å². The molecule has 1 aliphatic carbocycles. The van der Waals surface area contributed by atoms with Gasteiger partial charge in [-0.15, -0.1) is 0 Å². The Hall–Kier alpha value is 0.0538. The summed E-state index contributed by atoms with van der Waals surface area (Å²) in [5.41, 5.74) is 1.06. The van der Waals surface area contributed by atoms with Gasteiger partial charge in [0.05, 0.1) is 6.10 Å². The second-order valence-corrected chi connectivity index (χ2v) is 20.3. The van der Waals surface area contributed by atoms with Gasteiger partial charge >= 0.3 is 0 Å². The van der Waals surface area contributed by atoms with Crippen LogP contribution in [-0.2, 0) is 8.85 Å². The third-order valence-corrected chi connectivity index (χ3v) is 15.7. The van der Waals surface area contributed by atoms with Gasteiger partial charge in [0.25, 0.3) is 0 Å². The molecule has 0 unspecified atom stereocenters. The fourth-order valence-electron chi connectivity index (χ4n) is 2.76. The lowest BCUT2D eigenvalue weighted by molar-refractivity contribution is 0.0492. The van der Waals surface area contributed by atoms with Crippen LogP contribution < -0.4 is 0 Å². The van der Waals surface area contributed by atoms with E-state index in [-0.39, 0.29) is 34.8 Å². The third-order valence-electron chi connectivity index (χ3n) is 6.69. The molecular formula is C20H42O3Si2. The van der Waals surface area contributed by atoms with Gasteiger partial charge in [0.15, 0.2) is 16.6 Å². The normalized spacial score (nSPS) is 26.8. The van der Waals surface area contributed by atoms with E-state index in [1.807, 2.05) is 0 Å². The first kappa shape index (κ1) is 23.1. The minimum Gasteiger partial charge on any atom is -0.414 e. The molecule has 0 aromatic heterocycles. The Bertz CT molecular complexity index is 472. The van der Waals surface area contributed by atoms with Crippen LogP contribution in [0.15, 0.2) is 12.2 Å². The van der Waals surface area contributed by atoms with Gasteiger partial charge in [-0.05, 0) is 48.3 Å². The highest BCUT2D eigenvalue weighted by Crippen LogP contribution is 2.43. The van der Waals surface area contributed by atoms with Gasteiger partial charge in [-0.25, -0.2) is 0 Å². The van der Waals surface area contributed by atoms with Gasteiger partial charge in [0, 0.05) is 25.0 Å². The number of aliphatic hydroxyl groups is 1. The van der Waals surface area contributed by atoms with Crippen molar-refractivity contribution in [2.24, 2.45) is 5.92 Å². The minimum atomic E-state index is -1.89. The Balaban J connectivity index is 2.98. The number of hydrogen-bond donors (Lipinski definition) is 1. The van der Waals surface area contributed by atoms with Crippen molar-refractivity contribution >= 4 is 16.6 Å². The molecule has 3 nitrogen and oxygen atoms in total. The molecule has 1 N–H and O–H groups in total. The molecule has 25 heavy (non-hydrogen) atoms. The lowest BCUT2D eigenvalue weighted by Crippen LogP contribution is -2.50. The summed E-state index contributed by atoms with van der Waals surface area (Å²) in [7, 11) is -3.73. The van der Waals surface area contributed by atoms with Crippen molar-refractivity contribution in [1.29, 1.82) is 0 Å². The average molecular weight is 387 g/mol. The fourth-order valence-corrected chi connectivity index (χ4v) is 5.45. The summed E-state index contributed by atoms with van der Waals surface area (Å²) in [6.45, 7) is 27.2. The van der Waals surface area contributed by atoms with Gasteiger partial charge in [0.2, 0.25) is 0 Å². The van der Waals surface area contributed by atoms with Crippen LogP contribution in [0.2, 0.25) is 36.3 Å². The maximum absolute atomic E-state index is 9.86. The standard InChI is InChI=1S/C20H42O3Si2/c1-15-16(14-21)12-17(22-24(8,9)19(2,3)4)13-18(15)23-25(10,11)20(5,6)7/h16-18,21H,1,12-14H2,2-11H3/t16-,17-,18+/m1/s1. The molecule has 0 saturated heterocycles. The lowest BCUT2D eigenvalue weighted by Gasteiger charge is -2.46. The summed E-state index contributed by atoms with van der Waals surface area (Å²) in [4.78, 5) is 0. The molecule has 0 radical (unpaired) electrons. The largest absolute Gasteiger partial charge is 0.414 e. The second-order valence-electron chi connectivity index (χ2n) is 10.8. The van der Waals surface area contributed by atoms with Crippen molar-refractivity contribution in [2.45, 2.75) is 103 Å². The van der Waals surface area contributed by atoms with Crippen molar-refractivity contribution in [3.05, 3.63) is 12.2 Å². The molecule has 0 heterocycles. The van der Waals surface area contributed by atoms with Crippen LogP contribution in [0.5, 0.6) is 0 Å². The lowest BCUT2D eigenvalue weighted by atomic mass is 9.82. The third kappa shape index (κ3) is 5.52. The fraction of sp³-hybridized carbons (Fsp3) is 0.900. The summed E-state index contributed by atoms with van der Waals surface area (Å²) >= 11 is 0. The highest BCUT2D eigenvalue weighted by molar-refractivity contribution is 6.74. The first-order valence-electron chi connectivity index (χ1n) is 9.67. The Morgan fingerprint density at radius 2 is 1.36 bits per heavy atom. The van der Waals surface area contributed by atoms with Crippen molar-refractivity contribution in [1.82, 2.24) is 0 Å². The molecule has 0 bridgehead atoms. The molecule has 148 valence electrons. The Kier molecular flexibility index (Phi) is 7.01. The van der Waals surface area contributed by atoms with Gasteiger partial charge in [-0.2, -0.15) is 0 Å². The monoisotopic (exact) mass is 386 g/mol. The molecule has 1 saturated carbocycles. The predicted octanol–water partition coefficient (Wildman–Crippen LogP) is 5.73. The molecule has 3 atom stereocenters. The van der Waals surface area contributed by atoms with Gasteiger partial charge in [-0.3, -0.25) is 0 Å². The van der Waals surface area contributed by atoms with Crippen molar-refractivity contribution in [3.8, 4) is 0 Å². The van der Waals surface area contributed by atoms with Crippen LogP contribution in [-0.4, -0.2) is 40.6 Å². The summed E-state index contributed by atoms with van der Waals surface area (Å²) in [6.07, 6.45) is 1.88. The van der Waals surface area contributed by atoms with Crippen LogP contribution in [0.1, 0.15) is 54.4 Å². The Morgan fingerprint density at radius 1 is 0.920 bits per heavy atom. The van der Waals surface area contributed by atoms with Crippen LogP contribution >= 0.6 is 0 Å². The topological polar surface area (TPSA) is 38.7 Å². The Morgan fingerprint density at radius 3 is 1.76 bits per heavy atom. The molecule has 0 aromatic rings. The first-order valence-corrected chi connectivity index (χ1v) is 15.5. The highest BCUT2D eigenvalue weighted by Gasteiger charge is 2.45. The van der Waals surface area contributed by atoms with Gasteiger partial charge in [0.1, 0.15) is 0 Å².